The molecule has 12 heavy (non-hydrogen) atoms. The summed E-state index contributed by atoms with van der Waals surface area (Å²) in [6.07, 6.45) is 1.46. The maximum Gasteiger partial charge on any atom is 0.133 e. The molecule has 1 aromatic heterocycles. The average molecular weight is 162 g/mol. The zero-order valence-electron chi connectivity index (χ0n) is 6.37. The molecule has 60 valence electrons. The fourth-order valence-corrected chi connectivity index (χ4v) is 1.06. The maximum absolute atomic E-state index is 12.2. The molecule has 0 unspecified atom stereocenters. The van der Waals surface area contributed by atoms with Crippen LogP contribution in [0.25, 0.3) is 11.0 Å². The van der Waals surface area contributed by atoms with Gasteiger partial charge in [-0.15, -0.1) is 0 Å². The van der Waals surface area contributed by atoms with Crippen molar-refractivity contribution in [2.24, 2.45) is 0 Å². The van der Waals surface area contributed by atoms with Crippen molar-refractivity contribution < 1.29 is 4.39 Å². The molecule has 0 atom stereocenters. The van der Waals surface area contributed by atoms with E-state index in [9.17, 15) is 4.39 Å². The molecule has 2 rings (SSSR count). The molecule has 0 aliphatic rings. The molecule has 1 aromatic carbocycles. The van der Waals surface area contributed by atoms with Crippen LogP contribution in [0.3, 0.4) is 0 Å². The van der Waals surface area contributed by atoms with Gasteiger partial charge in [0.25, 0.3) is 0 Å². The molecule has 0 spiro atoms. The summed E-state index contributed by atoms with van der Waals surface area (Å²) in [6, 6.07) is 7.41. The van der Waals surface area contributed by atoms with Gasteiger partial charge in [-0.05, 0) is 12.1 Å². The Labute approximate surface area is 69.1 Å². The molecule has 0 aliphatic carbocycles. The van der Waals surface area contributed by atoms with Crippen molar-refractivity contribution >= 4 is 11.0 Å². The maximum atomic E-state index is 12.2. The van der Waals surface area contributed by atoms with Gasteiger partial charge in [0.2, 0.25) is 0 Å². The van der Waals surface area contributed by atoms with Crippen LogP contribution in [0.1, 0.15) is 5.69 Å². The second-order valence-electron chi connectivity index (χ2n) is 2.48. The third-order valence-corrected chi connectivity index (χ3v) is 1.64. The molecule has 3 heteroatoms. The van der Waals surface area contributed by atoms with Crippen LogP contribution in [0, 0.1) is 0 Å². The molecule has 0 saturated carbocycles. The smallest absolute Gasteiger partial charge is 0.133 e. The molecule has 2 aromatic rings. The lowest BCUT2D eigenvalue weighted by atomic mass is 10.3. The molecule has 0 radical (unpaired) electrons. The van der Waals surface area contributed by atoms with E-state index in [0.717, 1.165) is 11.0 Å². The highest BCUT2D eigenvalue weighted by atomic mass is 19.1. The van der Waals surface area contributed by atoms with Gasteiger partial charge in [0.15, 0.2) is 0 Å². The number of alkyl halides is 1. The minimum absolute atomic E-state index is 0.383. The zero-order valence-corrected chi connectivity index (χ0v) is 6.37. The van der Waals surface area contributed by atoms with E-state index in [1.165, 1.54) is 6.20 Å². The number of benzene rings is 1. The topological polar surface area (TPSA) is 25.8 Å². The SMILES string of the molecule is FCc1cnc2ccccc2n1. The lowest BCUT2D eigenvalue weighted by Crippen LogP contribution is -1.89. The predicted molar refractivity (Wildman–Crippen MR) is 44.4 cm³/mol. The van der Waals surface area contributed by atoms with Crippen molar-refractivity contribution in [3.05, 3.63) is 36.2 Å². The molecular formula is C9H7FN2. The number of rotatable bonds is 1. The summed E-state index contributed by atoms with van der Waals surface area (Å²) in [5.41, 5.74) is 1.93. The van der Waals surface area contributed by atoms with Crippen LogP contribution in [0.4, 0.5) is 4.39 Å². The van der Waals surface area contributed by atoms with Gasteiger partial charge in [-0.3, -0.25) is 4.98 Å². The van der Waals surface area contributed by atoms with Crippen LogP contribution in [-0.2, 0) is 6.67 Å². The van der Waals surface area contributed by atoms with E-state index < -0.39 is 6.67 Å². The van der Waals surface area contributed by atoms with Crippen LogP contribution >= 0.6 is 0 Å². The second-order valence-corrected chi connectivity index (χ2v) is 2.48. The number of para-hydroxylation sites is 2. The van der Waals surface area contributed by atoms with Gasteiger partial charge in [0, 0.05) is 0 Å². The van der Waals surface area contributed by atoms with Crippen molar-refractivity contribution in [2.45, 2.75) is 6.67 Å². The molecule has 0 amide bonds. The lowest BCUT2D eigenvalue weighted by Gasteiger charge is -1.96. The molecular weight excluding hydrogens is 155 g/mol. The second kappa shape index (κ2) is 2.85. The molecule has 2 nitrogen and oxygen atoms in total. The van der Waals surface area contributed by atoms with Crippen molar-refractivity contribution in [1.29, 1.82) is 0 Å². The van der Waals surface area contributed by atoms with E-state index in [-0.39, 0.29) is 0 Å². The number of aromatic nitrogens is 2. The van der Waals surface area contributed by atoms with E-state index in [4.69, 9.17) is 0 Å². The van der Waals surface area contributed by atoms with Gasteiger partial charge in [0.05, 0.1) is 22.9 Å². The fourth-order valence-electron chi connectivity index (χ4n) is 1.06. The van der Waals surface area contributed by atoms with Crippen LogP contribution in [0.5, 0.6) is 0 Å². The summed E-state index contributed by atoms with van der Waals surface area (Å²) in [5.74, 6) is 0. The Kier molecular flexibility index (Phi) is 1.70. The van der Waals surface area contributed by atoms with Gasteiger partial charge >= 0.3 is 0 Å². The number of nitrogens with zero attached hydrogens (tertiary/aromatic N) is 2. The van der Waals surface area contributed by atoms with Crippen LogP contribution in [0.15, 0.2) is 30.5 Å². The average Bonchev–Trinajstić information content (AvgIpc) is 2.17. The fraction of sp³-hybridized carbons (Fsp3) is 0.111. The van der Waals surface area contributed by atoms with Gasteiger partial charge in [-0.25, -0.2) is 9.37 Å². The molecule has 0 N–H and O–H groups in total. The first-order chi connectivity index (χ1) is 5.90. The Balaban J connectivity index is 2.67. The summed E-state index contributed by atoms with van der Waals surface area (Å²) in [7, 11) is 0. The number of hydrogen-bond acceptors (Lipinski definition) is 2. The molecule has 1 heterocycles. The van der Waals surface area contributed by atoms with Crippen LogP contribution in [-0.4, -0.2) is 9.97 Å². The Hall–Kier alpha value is -1.51. The number of hydrogen-bond donors (Lipinski definition) is 0. The predicted octanol–water partition coefficient (Wildman–Crippen LogP) is 2.10. The van der Waals surface area contributed by atoms with E-state index in [1.54, 1.807) is 0 Å². The quantitative estimate of drug-likeness (QED) is 0.641. The highest BCUT2D eigenvalue weighted by Crippen LogP contribution is 2.08. The highest BCUT2D eigenvalue weighted by Gasteiger charge is 1.96. The van der Waals surface area contributed by atoms with Crippen LogP contribution < -0.4 is 0 Å². The Morgan fingerprint density at radius 1 is 1.17 bits per heavy atom. The van der Waals surface area contributed by atoms with E-state index in [0.29, 0.717) is 5.69 Å². The minimum atomic E-state index is -0.558. The van der Waals surface area contributed by atoms with E-state index in [2.05, 4.69) is 9.97 Å². The van der Waals surface area contributed by atoms with Gasteiger partial charge in [0.1, 0.15) is 6.67 Å². The minimum Gasteiger partial charge on any atom is -0.253 e. The first kappa shape index (κ1) is 7.16. The third kappa shape index (κ3) is 1.13. The Morgan fingerprint density at radius 3 is 2.67 bits per heavy atom. The molecule has 0 bridgehead atoms. The van der Waals surface area contributed by atoms with E-state index >= 15 is 0 Å². The molecule has 0 fully saturated rings. The highest BCUT2D eigenvalue weighted by molar-refractivity contribution is 5.73. The van der Waals surface area contributed by atoms with Crippen molar-refractivity contribution in [1.82, 2.24) is 9.97 Å². The summed E-state index contributed by atoms with van der Waals surface area (Å²) in [5, 5.41) is 0. The lowest BCUT2D eigenvalue weighted by molar-refractivity contribution is 0.476. The molecule has 0 aliphatic heterocycles. The number of halogens is 1. The molecule has 0 saturated heterocycles. The summed E-state index contributed by atoms with van der Waals surface area (Å²) in [6.45, 7) is -0.558. The van der Waals surface area contributed by atoms with Crippen LogP contribution in [0.2, 0.25) is 0 Å². The normalized spacial score (nSPS) is 10.4. The van der Waals surface area contributed by atoms with Gasteiger partial charge < -0.3 is 0 Å². The van der Waals surface area contributed by atoms with Crippen molar-refractivity contribution in [2.75, 3.05) is 0 Å². The number of fused-ring (bicyclic) bond motifs is 1. The zero-order chi connectivity index (χ0) is 8.39. The monoisotopic (exact) mass is 162 g/mol. The Morgan fingerprint density at radius 2 is 1.92 bits per heavy atom. The van der Waals surface area contributed by atoms with Crippen molar-refractivity contribution in [3.63, 3.8) is 0 Å². The summed E-state index contributed by atoms with van der Waals surface area (Å²) < 4.78 is 12.2. The van der Waals surface area contributed by atoms with Crippen molar-refractivity contribution in [3.8, 4) is 0 Å². The third-order valence-electron chi connectivity index (χ3n) is 1.64. The summed E-state index contributed by atoms with van der Waals surface area (Å²) >= 11 is 0. The Bertz CT molecular complexity index is 400. The first-order valence-electron chi connectivity index (χ1n) is 3.67. The van der Waals surface area contributed by atoms with Gasteiger partial charge in [-0.1, -0.05) is 12.1 Å². The van der Waals surface area contributed by atoms with E-state index in [1.807, 2.05) is 24.3 Å². The largest absolute Gasteiger partial charge is 0.253 e. The first-order valence-corrected chi connectivity index (χ1v) is 3.67. The summed E-state index contributed by atoms with van der Waals surface area (Å²) in [4.78, 5) is 8.11. The van der Waals surface area contributed by atoms with Gasteiger partial charge in [-0.2, -0.15) is 0 Å². The standard InChI is InChI=1S/C9H7FN2/c10-5-7-6-11-8-3-1-2-4-9(8)12-7/h1-4,6H,5H2.